The minimum Gasteiger partial charge on any atom is -0.462 e. The summed E-state index contributed by atoms with van der Waals surface area (Å²) in [6.07, 6.45) is 0. The molecule has 1 amide bonds. The van der Waals surface area contributed by atoms with E-state index in [9.17, 15) is 18.0 Å². The van der Waals surface area contributed by atoms with Crippen molar-refractivity contribution >= 4 is 44.6 Å². The molecule has 0 fully saturated rings. The van der Waals surface area contributed by atoms with Gasteiger partial charge in [0.05, 0.1) is 17.2 Å². The fraction of sp³-hybridized carbons (Fsp3) is 0.0769. The monoisotopic (exact) mass is 506 g/mol. The second-order valence-electron chi connectivity index (χ2n) is 7.39. The SMILES string of the molecule is CCOC(=O)c1sc(-c2ccccc2)cc1NC(=O)c1ccc(NS(=O)(=O)c2ccccc2)cc1. The lowest BCUT2D eigenvalue weighted by Crippen LogP contribution is -2.15. The number of esters is 1. The molecule has 0 atom stereocenters. The van der Waals surface area contributed by atoms with Gasteiger partial charge < -0.3 is 10.1 Å². The van der Waals surface area contributed by atoms with Crippen molar-refractivity contribution < 1.29 is 22.7 Å². The van der Waals surface area contributed by atoms with Crippen molar-refractivity contribution in [3.63, 3.8) is 0 Å². The second-order valence-corrected chi connectivity index (χ2v) is 10.1. The van der Waals surface area contributed by atoms with E-state index in [4.69, 9.17) is 4.74 Å². The molecule has 4 aromatic rings. The number of ether oxygens (including phenoxy) is 1. The lowest BCUT2D eigenvalue weighted by Gasteiger charge is -2.09. The molecule has 178 valence electrons. The van der Waals surface area contributed by atoms with Crippen molar-refractivity contribution in [3.05, 3.63) is 101 Å². The van der Waals surface area contributed by atoms with Crippen LogP contribution in [0, 0.1) is 0 Å². The summed E-state index contributed by atoms with van der Waals surface area (Å²) in [7, 11) is -3.74. The van der Waals surface area contributed by atoms with E-state index in [1.807, 2.05) is 30.3 Å². The average Bonchev–Trinajstić information content (AvgIpc) is 3.29. The van der Waals surface area contributed by atoms with Gasteiger partial charge in [0.25, 0.3) is 15.9 Å². The zero-order chi connectivity index (χ0) is 24.8. The van der Waals surface area contributed by atoms with E-state index in [1.165, 1.54) is 47.7 Å². The van der Waals surface area contributed by atoms with E-state index >= 15 is 0 Å². The first kappa shape index (κ1) is 24.2. The Morgan fingerprint density at radius 2 is 1.51 bits per heavy atom. The maximum Gasteiger partial charge on any atom is 0.350 e. The van der Waals surface area contributed by atoms with Crippen LogP contribution in [0.5, 0.6) is 0 Å². The molecule has 0 aliphatic heterocycles. The molecule has 0 radical (unpaired) electrons. The van der Waals surface area contributed by atoms with Gasteiger partial charge >= 0.3 is 5.97 Å². The number of rotatable bonds is 8. The quantitative estimate of drug-likeness (QED) is 0.301. The van der Waals surface area contributed by atoms with E-state index in [-0.39, 0.29) is 11.5 Å². The lowest BCUT2D eigenvalue weighted by molar-refractivity contribution is 0.0533. The maximum absolute atomic E-state index is 12.9. The minimum absolute atomic E-state index is 0.139. The number of amides is 1. The van der Waals surface area contributed by atoms with E-state index < -0.39 is 21.9 Å². The van der Waals surface area contributed by atoms with Gasteiger partial charge in [-0.25, -0.2) is 13.2 Å². The molecular formula is C26H22N2O5S2. The van der Waals surface area contributed by atoms with Crippen molar-refractivity contribution in [2.75, 3.05) is 16.6 Å². The number of thiophene rings is 1. The zero-order valence-corrected chi connectivity index (χ0v) is 20.4. The standard InChI is InChI=1S/C26H22N2O5S2/c1-2-33-26(30)24-22(17-23(34-24)18-9-5-3-6-10-18)27-25(29)19-13-15-20(16-14-19)28-35(31,32)21-11-7-4-8-12-21/h3-17,28H,2H2,1H3,(H,27,29). The highest BCUT2D eigenvalue weighted by molar-refractivity contribution is 7.92. The highest BCUT2D eigenvalue weighted by Crippen LogP contribution is 2.35. The fourth-order valence-electron chi connectivity index (χ4n) is 3.27. The first-order valence-corrected chi connectivity index (χ1v) is 13.0. The number of nitrogens with one attached hydrogen (secondary N) is 2. The van der Waals surface area contributed by atoms with Gasteiger partial charge in [-0.2, -0.15) is 0 Å². The summed E-state index contributed by atoms with van der Waals surface area (Å²) >= 11 is 1.24. The van der Waals surface area contributed by atoms with Gasteiger partial charge in [0.2, 0.25) is 0 Å². The van der Waals surface area contributed by atoms with E-state index in [0.717, 1.165) is 10.4 Å². The first-order valence-electron chi connectivity index (χ1n) is 10.7. The van der Waals surface area contributed by atoms with Crippen LogP contribution in [0.2, 0.25) is 0 Å². The molecule has 0 unspecified atom stereocenters. The fourth-order valence-corrected chi connectivity index (χ4v) is 5.37. The maximum atomic E-state index is 12.9. The van der Waals surface area contributed by atoms with Crippen LogP contribution in [0.3, 0.4) is 0 Å². The van der Waals surface area contributed by atoms with Crippen LogP contribution in [0.25, 0.3) is 10.4 Å². The van der Waals surface area contributed by atoms with Crippen molar-refractivity contribution in [1.29, 1.82) is 0 Å². The molecule has 3 aromatic carbocycles. The molecule has 9 heteroatoms. The third-order valence-electron chi connectivity index (χ3n) is 4.95. The van der Waals surface area contributed by atoms with E-state index in [2.05, 4.69) is 10.0 Å². The number of anilines is 2. The van der Waals surface area contributed by atoms with Gasteiger partial charge in [-0.05, 0) is 55.0 Å². The number of carbonyl (C=O) groups is 2. The molecule has 0 saturated carbocycles. The normalized spacial score (nSPS) is 11.0. The van der Waals surface area contributed by atoms with Crippen LogP contribution in [0.15, 0.2) is 95.9 Å². The topological polar surface area (TPSA) is 102 Å². The van der Waals surface area contributed by atoms with E-state index in [0.29, 0.717) is 21.8 Å². The Morgan fingerprint density at radius 1 is 0.886 bits per heavy atom. The van der Waals surface area contributed by atoms with Crippen molar-refractivity contribution in [2.45, 2.75) is 11.8 Å². The predicted molar refractivity (Wildman–Crippen MR) is 137 cm³/mol. The summed E-state index contributed by atoms with van der Waals surface area (Å²) in [5.74, 6) is -0.953. The average molecular weight is 507 g/mol. The summed E-state index contributed by atoms with van der Waals surface area (Å²) in [4.78, 5) is 26.7. The molecule has 2 N–H and O–H groups in total. The van der Waals surface area contributed by atoms with Gasteiger partial charge in [0, 0.05) is 16.1 Å². The van der Waals surface area contributed by atoms with Crippen LogP contribution >= 0.6 is 11.3 Å². The van der Waals surface area contributed by atoms with Crippen molar-refractivity contribution in [3.8, 4) is 10.4 Å². The second kappa shape index (κ2) is 10.5. The van der Waals surface area contributed by atoms with Crippen molar-refractivity contribution in [2.24, 2.45) is 0 Å². The molecule has 4 rings (SSSR count). The lowest BCUT2D eigenvalue weighted by atomic mass is 10.1. The summed E-state index contributed by atoms with van der Waals surface area (Å²) in [5, 5.41) is 2.78. The summed E-state index contributed by atoms with van der Waals surface area (Å²) in [5.41, 5.74) is 1.89. The zero-order valence-electron chi connectivity index (χ0n) is 18.7. The van der Waals surface area contributed by atoms with Crippen LogP contribution < -0.4 is 10.0 Å². The van der Waals surface area contributed by atoms with Crippen LogP contribution in [-0.4, -0.2) is 26.9 Å². The highest BCUT2D eigenvalue weighted by Gasteiger charge is 2.21. The number of benzene rings is 3. The molecule has 0 aliphatic carbocycles. The van der Waals surface area contributed by atoms with Gasteiger partial charge in [-0.15, -0.1) is 11.3 Å². The highest BCUT2D eigenvalue weighted by atomic mass is 32.2. The molecule has 35 heavy (non-hydrogen) atoms. The number of hydrogen-bond donors (Lipinski definition) is 2. The summed E-state index contributed by atoms with van der Waals surface area (Å²) in [6.45, 7) is 1.93. The van der Waals surface area contributed by atoms with Gasteiger partial charge in [-0.3, -0.25) is 9.52 Å². The van der Waals surface area contributed by atoms with E-state index in [1.54, 1.807) is 31.2 Å². The first-order chi connectivity index (χ1) is 16.9. The summed E-state index contributed by atoms with van der Waals surface area (Å²) in [6, 6.07) is 25.3. The van der Waals surface area contributed by atoms with Crippen molar-refractivity contribution in [1.82, 2.24) is 0 Å². The largest absolute Gasteiger partial charge is 0.462 e. The number of sulfonamides is 1. The van der Waals surface area contributed by atoms with Gasteiger partial charge in [0.15, 0.2) is 0 Å². The molecule has 0 saturated heterocycles. The Balaban J connectivity index is 1.53. The van der Waals surface area contributed by atoms with Gasteiger partial charge in [-0.1, -0.05) is 48.5 Å². The molecular weight excluding hydrogens is 484 g/mol. The number of hydrogen-bond acceptors (Lipinski definition) is 6. The third-order valence-corrected chi connectivity index (χ3v) is 7.51. The minimum atomic E-state index is -3.74. The molecule has 0 bridgehead atoms. The van der Waals surface area contributed by atoms with Gasteiger partial charge in [0.1, 0.15) is 4.88 Å². The Labute approximate surface area is 207 Å². The van der Waals surface area contributed by atoms with Crippen LogP contribution in [0.1, 0.15) is 27.0 Å². The molecule has 1 aromatic heterocycles. The van der Waals surface area contributed by atoms with Crippen LogP contribution in [-0.2, 0) is 14.8 Å². The molecule has 0 aliphatic rings. The van der Waals surface area contributed by atoms with Crippen LogP contribution in [0.4, 0.5) is 11.4 Å². The number of carbonyl (C=O) groups excluding carboxylic acids is 2. The Kier molecular flexibility index (Phi) is 7.28. The Morgan fingerprint density at radius 3 is 2.14 bits per heavy atom. The summed E-state index contributed by atoms with van der Waals surface area (Å²) < 4.78 is 32.7. The third kappa shape index (κ3) is 5.76. The Hall–Kier alpha value is -3.95. The molecule has 1 heterocycles. The molecule has 0 spiro atoms. The predicted octanol–water partition coefficient (Wildman–Crippen LogP) is 5.64. The molecule has 7 nitrogen and oxygen atoms in total. The Bertz CT molecular complexity index is 1430. The smallest absolute Gasteiger partial charge is 0.350 e.